The van der Waals surface area contributed by atoms with Crippen LogP contribution in [0.4, 0.5) is 0 Å². The Labute approximate surface area is 113 Å². The largest absolute Gasteiger partial charge is 0.298 e. The molecule has 0 unspecified atom stereocenters. The quantitative estimate of drug-likeness (QED) is 0.763. The van der Waals surface area contributed by atoms with Crippen LogP contribution in [0, 0.1) is 6.92 Å². The van der Waals surface area contributed by atoms with E-state index in [-0.39, 0.29) is 0 Å². The Kier molecular flexibility index (Phi) is 4.02. The SMILES string of the molecule is Cc1ccccc1Sc1cc(Br)ccc1C=O. The van der Waals surface area contributed by atoms with Crippen LogP contribution in [0.5, 0.6) is 0 Å². The Bertz CT molecular complexity index is 552. The van der Waals surface area contributed by atoms with Crippen LogP contribution in [0.3, 0.4) is 0 Å². The van der Waals surface area contributed by atoms with E-state index >= 15 is 0 Å². The lowest BCUT2D eigenvalue weighted by Gasteiger charge is -2.07. The molecule has 0 saturated heterocycles. The Hall–Kier alpha value is -1.06. The molecule has 0 amide bonds. The topological polar surface area (TPSA) is 17.1 Å². The summed E-state index contributed by atoms with van der Waals surface area (Å²) in [6.07, 6.45) is 0.896. The molecular formula is C14H11BrOS. The van der Waals surface area contributed by atoms with Gasteiger partial charge in [0, 0.05) is 19.8 Å². The van der Waals surface area contributed by atoms with Crippen molar-refractivity contribution in [2.75, 3.05) is 0 Å². The first-order valence-electron chi connectivity index (χ1n) is 5.19. The van der Waals surface area contributed by atoms with Crippen molar-refractivity contribution in [3.8, 4) is 0 Å². The molecule has 0 saturated carbocycles. The van der Waals surface area contributed by atoms with Gasteiger partial charge in [0.2, 0.25) is 0 Å². The number of hydrogen-bond acceptors (Lipinski definition) is 2. The van der Waals surface area contributed by atoms with Gasteiger partial charge in [0.25, 0.3) is 0 Å². The number of carbonyl (C=O) groups is 1. The predicted octanol–water partition coefficient (Wildman–Crippen LogP) is 4.72. The predicted molar refractivity (Wildman–Crippen MR) is 74.8 cm³/mol. The zero-order valence-corrected chi connectivity index (χ0v) is 11.7. The number of rotatable bonds is 3. The second-order valence-electron chi connectivity index (χ2n) is 3.67. The summed E-state index contributed by atoms with van der Waals surface area (Å²) in [7, 11) is 0. The van der Waals surface area contributed by atoms with Crippen molar-refractivity contribution >= 4 is 34.0 Å². The molecule has 0 N–H and O–H groups in total. The van der Waals surface area contributed by atoms with Crippen LogP contribution in [0.25, 0.3) is 0 Å². The van der Waals surface area contributed by atoms with E-state index < -0.39 is 0 Å². The zero-order valence-electron chi connectivity index (χ0n) is 9.31. The van der Waals surface area contributed by atoms with Crippen LogP contribution in [0.1, 0.15) is 15.9 Å². The fourth-order valence-corrected chi connectivity index (χ4v) is 3.03. The highest BCUT2D eigenvalue weighted by molar-refractivity contribution is 9.10. The normalized spacial score (nSPS) is 10.2. The highest BCUT2D eigenvalue weighted by atomic mass is 79.9. The van der Waals surface area contributed by atoms with E-state index in [9.17, 15) is 4.79 Å². The van der Waals surface area contributed by atoms with Crippen molar-refractivity contribution in [2.24, 2.45) is 0 Å². The fraction of sp³-hybridized carbons (Fsp3) is 0.0714. The number of carbonyl (C=O) groups excluding carboxylic acids is 1. The summed E-state index contributed by atoms with van der Waals surface area (Å²) >= 11 is 5.05. The minimum absolute atomic E-state index is 0.724. The van der Waals surface area contributed by atoms with E-state index in [0.717, 1.165) is 21.2 Å². The van der Waals surface area contributed by atoms with Crippen molar-refractivity contribution in [1.29, 1.82) is 0 Å². The molecule has 0 aromatic heterocycles. The summed E-state index contributed by atoms with van der Waals surface area (Å²) < 4.78 is 0.985. The molecule has 2 aromatic carbocycles. The third kappa shape index (κ3) is 2.99. The minimum atomic E-state index is 0.724. The lowest BCUT2D eigenvalue weighted by Crippen LogP contribution is -1.86. The fourth-order valence-electron chi connectivity index (χ4n) is 1.48. The molecule has 0 aliphatic rings. The van der Waals surface area contributed by atoms with Crippen LogP contribution >= 0.6 is 27.7 Å². The smallest absolute Gasteiger partial charge is 0.151 e. The Morgan fingerprint density at radius 3 is 2.59 bits per heavy atom. The van der Waals surface area contributed by atoms with E-state index in [0.29, 0.717) is 0 Å². The molecule has 0 aliphatic heterocycles. The maximum atomic E-state index is 11.0. The summed E-state index contributed by atoms with van der Waals surface area (Å²) in [4.78, 5) is 13.1. The van der Waals surface area contributed by atoms with Crippen molar-refractivity contribution < 1.29 is 4.79 Å². The van der Waals surface area contributed by atoms with Gasteiger partial charge in [-0.05, 0) is 36.8 Å². The van der Waals surface area contributed by atoms with Crippen molar-refractivity contribution in [1.82, 2.24) is 0 Å². The molecule has 3 heteroatoms. The first-order valence-corrected chi connectivity index (χ1v) is 6.80. The minimum Gasteiger partial charge on any atom is -0.298 e. The van der Waals surface area contributed by atoms with Gasteiger partial charge in [-0.15, -0.1) is 0 Å². The molecule has 0 atom stereocenters. The summed E-state index contributed by atoms with van der Waals surface area (Å²) in [5.74, 6) is 0. The van der Waals surface area contributed by atoms with Gasteiger partial charge >= 0.3 is 0 Å². The standard InChI is InChI=1S/C14H11BrOS/c1-10-4-2-3-5-13(10)17-14-8-12(15)7-6-11(14)9-16/h2-9H,1H3. The summed E-state index contributed by atoms with van der Waals surface area (Å²) in [5, 5.41) is 0. The molecular weight excluding hydrogens is 296 g/mol. The van der Waals surface area contributed by atoms with Crippen molar-refractivity contribution in [3.63, 3.8) is 0 Å². The molecule has 0 heterocycles. The lowest BCUT2D eigenvalue weighted by atomic mass is 10.2. The zero-order chi connectivity index (χ0) is 12.3. The van der Waals surface area contributed by atoms with E-state index in [1.807, 2.05) is 30.3 Å². The third-order valence-electron chi connectivity index (χ3n) is 2.42. The molecule has 0 radical (unpaired) electrons. The van der Waals surface area contributed by atoms with E-state index in [1.165, 1.54) is 10.5 Å². The summed E-state index contributed by atoms with van der Waals surface area (Å²) in [5.41, 5.74) is 1.94. The van der Waals surface area contributed by atoms with Crippen LogP contribution in [0.15, 0.2) is 56.7 Å². The molecule has 86 valence electrons. The van der Waals surface area contributed by atoms with Gasteiger partial charge in [-0.25, -0.2) is 0 Å². The summed E-state index contributed by atoms with van der Waals surface area (Å²) in [6.45, 7) is 2.07. The van der Waals surface area contributed by atoms with Crippen molar-refractivity contribution in [2.45, 2.75) is 16.7 Å². The maximum absolute atomic E-state index is 11.0. The first-order chi connectivity index (χ1) is 8.20. The van der Waals surface area contributed by atoms with Crippen molar-refractivity contribution in [3.05, 3.63) is 58.1 Å². The molecule has 0 aliphatic carbocycles. The molecule has 2 aromatic rings. The number of aryl methyl sites for hydroxylation is 1. The molecule has 0 bridgehead atoms. The molecule has 0 fully saturated rings. The Morgan fingerprint density at radius 2 is 1.88 bits per heavy atom. The van der Waals surface area contributed by atoms with Crippen LogP contribution < -0.4 is 0 Å². The van der Waals surface area contributed by atoms with E-state index in [4.69, 9.17) is 0 Å². The van der Waals surface area contributed by atoms with Gasteiger partial charge in [0.05, 0.1) is 0 Å². The van der Waals surface area contributed by atoms with Gasteiger partial charge in [0.15, 0.2) is 6.29 Å². The highest BCUT2D eigenvalue weighted by Gasteiger charge is 2.06. The van der Waals surface area contributed by atoms with E-state index in [1.54, 1.807) is 11.8 Å². The average Bonchev–Trinajstić information content (AvgIpc) is 2.32. The number of halogens is 1. The molecule has 0 spiro atoms. The second kappa shape index (κ2) is 5.52. The monoisotopic (exact) mass is 306 g/mol. The van der Waals surface area contributed by atoms with Gasteiger partial charge in [0.1, 0.15) is 0 Å². The van der Waals surface area contributed by atoms with Gasteiger partial charge in [-0.3, -0.25) is 4.79 Å². The first kappa shape index (κ1) is 12.4. The van der Waals surface area contributed by atoms with Gasteiger partial charge < -0.3 is 0 Å². The highest BCUT2D eigenvalue weighted by Crippen LogP contribution is 2.33. The Morgan fingerprint density at radius 1 is 1.12 bits per heavy atom. The van der Waals surface area contributed by atoms with Crippen LogP contribution in [-0.2, 0) is 0 Å². The van der Waals surface area contributed by atoms with Crippen LogP contribution in [-0.4, -0.2) is 6.29 Å². The van der Waals surface area contributed by atoms with E-state index in [2.05, 4.69) is 35.0 Å². The third-order valence-corrected chi connectivity index (χ3v) is 4.16. The maximum Gasteiger partial charge on any atom is 0.151 e. The molecule has 2 rings (SSSR count). The number of benzene rings is 2. The average molecular weight is 307 g/mol. The molecule has 1 nitrogen and oxygen atoms in total. The van der Waals surface area contributed by atoms with Gasteiger partial charge in [-0.1, -0.05) is 45.9 Å². The number of aldehydes is 1. The Balaban J connectivity index is 2.39. The number of hydrogen-bond donors (Lipinski definition) is 0. The second-order valence-corrected chi connectivity index (χ2v) is 5.67. The molecule has 17 heavy (non-hydrogen) atoms. The lowest BCUT2D eigenvalue weighted by molar-refractivity contribution is 0.112. The van der Waals surface area contributed by atoms with Gasteiger partial charge in [-0.2, -0.15) is 0 Å². The van der Waals surface area contributed by atoms with Crippen LogP contribution in [0.2, 0.25) is 0 Å². The summed E-state index contributed by atoms with van der Waals surface area (Å²) in [6, 6.07) is 13.8.